The van der Waals surface area contributed by atoms with E-state index in [9.17, 15) is 4.79 Å². The maximum Gasteiger partial charge on any atom is 0.265 e. The van der Waals surface area contributed by atoms with Crippen LogP contribution in [0, 0.1) is 6.92 Å². The van der Waals surface area contributed by atoms with Gasteiger partial charge in [0, 0.05) is 5.69 Å². The first-order chi connectivity index (χ1) is 12.6. The average molecular weight is 347 g/mol. The van der Waals surface area contributed by atoms with E-state index >= 15 is 0 Å². The van der Waals surface area contributed by atoms with Gasteiger partial charge in [-0.15, -0.1) is 0 Å². The maximum atomic E-state index is 12.3. The standard InChI is InChI=1S/C22H21NO3/c1-16-7-6-10-21(15-16)25-17(2)22(24)23-18-11-13-20(14-12-18)26-19-8-4-3-5-9-19/h3-15,17H,1-2H3,(H,23,24). The average Bonchev–Trinajstić information content (AvgIpc) is 2.64. The zero-order valence-electron chi connectivity index (χ0n) is 14.8. The summed E-state index contributed by atoms with van der Waals surface area (Å²) in [5.41, 5.74) is 1.78. The van der Waals surface area contributed by atoms with Gasteiger partial charge in [0.25, 0.3) is 5.91 Å². The van der Waals surface area contributed by atoms with Crippen LogP contribution in [-0.2, 0) is 4.79 Å². The van der Waals surface area contributed by atoms with Gasteiger partial charge in [-0.25, -0.2) is 0 Å². The van der Waals surface area contributed by atoms with Crippen molar-refractivity contribution in [1.29, 1.82) is 0 Å². The number of hydrogen-bond acceptors (Lipinski definition) is 3. The number of anilines is 1. The highest BCUT2D eigenvalue weighted by atomic mass is 16.5. The Morgan fingerprint density at radius 3 is 2.19 bits per heavy atom. The molecule has 0 saturated carbocycles. The molecule has 0 aromatic heterocycles. The number of rotatable bonds is 6. The number of benzene rings is 3. The van der Waals surface area contributed by atoms with Crippen LogP contribution in [0.25, 0.3) is 0 Å². The van der Waals surface area contributed by atoms with Crippen LogP contribution in [0.5, 0.6) is 17.2 Å². The van der Waals surface area contributed by atoms with E-state index in [0.29, 0.717) is 17.2 Å². The van der Waals surface area contributed by atoms with Crippen molar-refractivity contribution in [3.63, 3.8) is 0 Å². The van der Waals surface area contributed by atoms with E-state index in [1.54, 1.807) is 19.1 Å². The molecule has 132 valence electrons. The maximum absolute atomic E-state index is 12.3. The number of carbonyl (C=O) groups excluding carboxylic acids is 1. The van der Waals surface area contributed by atoms with Crippen molar-refractivity contribution in [2.45, 2.75) is 20.0 Å². The van der Waals surface area contributed by atoms with E-state index in [-0.39, 0.29) is 5.91 Å². The van der Waals surface area contributed by atoms with Crippen molar-refractivity contribution >= 4 is 11.6 Å². The zero-order valence-corrected chi connectivity index (χ0v) is 14.8. The molecule has 0 radical (unpaired) electrons. The molecule has 0 bridgehead atoms. The predicted octanol–water partition coefficient (Wildman–Crippen LogP) is 5.19. The SMILES string of the molecule is Cc1cccc(OC(C)C(=O)Nc2ccc(Oc3ccccc3)cc2)c1. The molecule has 1 amide bonds. The van der Waals surface area contributed by atoms with E-state index in [2.05, 4.69) is 5.32 Å². The molecular formula is C22H21NO3. The summed E-state index contributed by atoms with van der Waals surface area (Å²) in [6.45, 7) is 3.71. The van der Waals surface area contributed by atoms with Crippen LogP contribution in [0.4, 0.5) is 5.69 Å². The number of para-hydroxylation sites is 1. The Morgan fingerprint density at radius 1 is 0.846 bits per heavy atom. The first-order valence-electron chi connectivity index (χ1n) is 8.47. The lowest BCUT2D eigenvalue weighted by Crippen LogP contribution is -2.30. The topological polar surface area (TPSA) is 47.6 Å². The number of aryl methyl sites for hydroxylation is 1. The highest BCUT2D eigenvalue weighted by Crippen LogP contribution is 2.23. The lowest BCUT2D eigenvalue weighted by molar-refractivity contribution is -0.122. The third kappa shape index (κ3) is 4.86. The summed E-state index contributed by atoms with van der Waals surface area (Å²) in [5, 5.41) is 2.85. The fourth-order valence-corrected chi connectivity index (χ4v) is 2.42. The van der Waals surface area contributed by atoms with Gasteiger partial charge < -0.3 is 14.8 Å². The van der Waals surface area contributed by atoms with E-state index in [0.717, 1.165) is 11.3 Å². The number of amides is 1. The molecule has 0 fully saturated rings. The minimum atomic E-state index is -0.600. The van der Waals surface area contributed by atoms with E-state index in [1.165, 1.54) is 0 Å². The summed E-state index contributed by atoms with van der Waals surface area (Å²) >= 11 is 0. The molecule has 1 unspecified atom stereocenters. The third-order valence-electron chi connectivity index (χ3n) is 3.77. The molecule has 0 saturated heterocycles. The van der Waals surface area contributed by atoms with Crippen molar-refractivity contribution in [3.05, 3.63) is 84.4 Å². The van der Waals surface area contributed by atoms with Crippen molar-refractivity contribution in [2.75, 3.05) is 5.32 Å². The third-order valence-corrected chi connectivity index (χ3v) is 3.77. The molecule has 3 rings (SSSR count). The van der Waals surface area contributed by atoms with Crippen LogP contribution >= 0.6 is 0 Å². The van der Waals surface area contributed by atoms with Gasteiger partial charge in [-0.05, 0) is 67.9 Å². The summed E-state index contributed by atoms with van der Waals surface area (Å²) in [6, 6.07) is 24.4. The number of nitrogens with one attached hydrogen (secondary N) is 1. The molecule has 3 aromatic carbocycles. The van der Waals surface area contributed by atoms with Gasteiger partial charge in [-0.2, -0.15) is 0 Å². The molecule has 0 spiro atoms. The summed E-state index contributed by atoms with van der Waals surface area (Å²) in [7, 11) is 0. The Balaban J connectivity index is 1.57. The molecule has 1 N–H and O–H groups in total. The number of carbonyl (C=O) groups is 1. The van der Waals surface area contributed by atoms with Crippen molar-refractivity contribution in [3.8, 4) is 17.2 Å². The van der Waals surface area contributed by atoms with Gasteiger partial charge in [0.1, 0.15) is 17.2 Å². The summed E-state index contributed by atoms with van der Waals surface area (Å²) < 4.78 is 11.4. The van der Waals surface area contributed by atoms with Crippen LogP contribution in [-0.4, -0.2) is 12.0 Å². The minimum absolute atomic E-state index is 0.205. The molecule has 3 aromatic rings. The molecule has 0 aliphatic carbocycles. The van der Waals surface area contributed by atoms with E-state index in [4.69, 9.17) is 9.47 Å². The van der Waals surface area contributed by atoms with Gasteiger partial charge >= 0.3 is 0 Å². The molecule has 0 aliphatic heterocycles. The van der Waals surface area contributed by atoms with E-state index in [1.807, 2.05) is 73.7 Å². The predicted molar refractivity (Wildman–Crippen MR) is 103 cm³/mol. The Morgan fingerprint density at radius 2 is 1.50 bits per heavy atom. The van der Waals surface area contributed by atoms with Crippen LogP contribution < -0.4 is 14.8 Å². The molecule has 1 atom stereocenters. The first-order valence-corrected chi connectivity index (χ1v) is 8.47. The van der Waals surface area contributed by atoms with Gasteiger partial charge in [0.15, 0.2) is 6.10 Å². The Bertz CT molecular complexity index is 860. The van der Waals surface area contributed by atoms with Gasteiger partial charge in [0.2, 0.25) is 0 Å². The summed E-state index contributed by atoms with van der Waals surface area (Å²) in [4.78, 5) is 12.3. The molecule has 4 heteroatoms. The lowest BCUT2D eigenvalue weighted by Gasteiger charge is -2.15. The van der Waals surface area contributed by atoms with Crippen LogP contribution in [0.3, 0.4) is 0 Å². The zero-order chi connectivity index (χ0) is 18.4. The largest absolute Gasteiger partial charge is 0.481 e. The van der Waals surface area contributed by atoms with Crippen LogP contribution in [0.1, 0.15) is 12.5 Å². The number of ether oxygens (including phenoxy) is 2. The summed E-state index contributed by atoms with van der Waals surface area (Å²) in [6.07, 6.45) is -0.600. The smallest absolute Gasteiger partial charge is 0.265 e. The van der Waals surface area contributed by atoms with Crippen LogP contribution in [0.2, 0.25) is 0 Å². The lowest BCUT2D eigenvalue weighted by atomic mass is 10.2. The van der Waals surface area contributed by atoms with Crippen molar-refractivity contribution in [1.82, 2.24) is 0 Å². The first kappa shape index (κ1) is 17.5. The molecule has 0 aliphatic rings. The quantitative estimate of drug-likeness (QED) is 0.667. The van der Waals surface area contributed by atoms with Gasteiger partial charge in [-0.3, -0.25) is 4.79 Å². The van der Waals surface area contributed by atoms with Gasteiger partial charge in [-0.1, -0.05) is 30.3 Å². The van der Waals surface area contributed by atoms with Crippen molar-refractivity contribution in [2.24, 2.45) is 0 Å². The fraction of sp³-hybridized carbons (Fsp3) is 0.136. The van der Waals surface area contributed by atoms with E-state index < -0.39 is 6.10 Å². The van der Waals surface area contributed by atoms with Gasteiger partial charge in [0.05, 0.1) is 0 Å². The second-order valence-corrected chi connectivity index (χ2v) is 6.01. The minimum Gasteiger partial charge on any atom is -0.481 e. The monoisotopic (exact) mass is 347 g/mol. The highest BCUT2D eigenvalue weighted by Gasteiger charge is 2.15. The normalized spacial score (nSPS) is 11.5. The highest BCUT2D eigenvalue weighted by molar-refractivity contribution is 5.94. The van der Waals surface area contributed by atoms with Crippen LogP contribution in [0.15, 0.2) is 78.9 Å². The molecule has 4 nitrogen and oxygen atoms in total. The molecule has 0 heterocycles. The Labute approximate surface area is 153 Å². The fourth-order valence-electron chi connectivity index (χ4n) is 2.42. The molecular weight excluding hydrogens is 326 g/mol. The van der Waals surface area contributed by atoms with Crippen molar-refractivity contribution < 1.29 is 14.3 Å². The second kappa shape index (κ2) is 8.21. The number of hydrogen-bond donors (Lipinski definition) is 1. The second-order valence-electron chi connectivity index (χ2n) is 6.01. The molecule has 26 heavy (non-hydrogen) atoms. The Hall–Kier alpha value is -3.27. The Kier molecular flexibility index (Phi) is 5.54. The summed E-state index contributed by atoms with van der Waals surface area (Å²) in [5.74, 6) is 1.95.